The van der Waals surface area contributed by atoms with Gasteiger partial charge in [0.25, 0.3) is 0 Å². The molecule has 88 valence electrons. The number of hydrogen-bond donors (Lipinski definition) is 2. The highest BCUT2D eigenvalue weighted by Gasteiger charge is 2.55. The van der Waals surface area contributed by atoms with E-state index in [1.54, 1.807) is 6.92 Å². The molecule has 0 saturated carbocycles. The fraction of sp³-hybridized carbons (Fsp3) is 0.667. The Hall–Kier alpha value is -1.79. The van der Waals surface area contributed by atoms with Crippen LogP contribution in [0.1, 0.15) is 13.3 Å². The van der Waals surface area contributed by atoms with E-state index in [0.717, 1.165) is 9.80 Å². The first-order chi connectivity index (χ1) is 7.45. The van der Waals surface area contributed by atoms with E-state index >= 15 is 0 Å². The summed E-state index contributed by atoms with van der Waals surface area (Å²) in [7, 11) is 0. The molecule has 7 nitrogen and oxygen atoms in total. The summed E-state index contributed by atoms with van der Waals surface area (Å²) in [5.74, 6) is -1.09. The minimum absolute atomic E-state index is 0.284. The fourth-order valence-corrected chi connectivity index (χ4v) is 2.67. The van der Waals surface area contributed by atoms with Crippen LogP contribution in [0.5, 0.6) is 0 Å². The van der Waals surface area contributed by atoms with Crippen LogP contribution in [0.4, 0.5) is 9.59 Å². The van der Waals surface area contributed by atoms with Crippen molar-refractivity contribution in [1.29, 1.82) is 0 Å². The van der Waals surface area contributed by atoms with Crippen molar-refractivity contribution in [3.05, 3.63) is 0 Å². The molecule has 0 radical (unpaired) electrons. The lowest BCUT2D eigenvalue weighted by Crippen LogP contribution is -2.42. The molecule has 0 aliphatic carbocycles. The Labute approximate surface area is 91.2 Å². The van der Waals surface area contributed by atoms with Crippen LogP contribution in [-0.4, -0.2) is 56.7 Å². The second-order valence-electron chi connectivity index (χ2n) is 4.10. The predicted octanol–water partition coefficient (Wildman–Crippen LogP) is 0.264. The number of fused-ring (bicyclic) bond motifs is 1. The van der Waals surface area contributed by atoms with Gasteiger partial charge in [-0.25, -0.2) is 14.5 Å². The smallest absolute Gasteiger partial charge is 0.414 e. The summed E-state index contributed by atoms with van der Waals surface area (Å²) in [6.07, 6.45) is -2.00. The largest absolute Gasteiger partial charge is 0.465 e. The molecule has 2 saturated heterocycles. The predicted molar refractivity (Wildman–Crippen MR) is 51.0 cm³/mol. The second-order valence-corrected chi connectivity index (χ2v) is 4.10. The molecular weight excluding hydrogens is 216 g/mol. The van der Waals surface area contributed by atoms with Crippen LogP contribution in [-0.2, 0) is 4.79 Å². The van der Waals surface area contributed by atoms with E-state index in [1.807, 2.05) is 0 Å². The molecule has 0 spiro atoms. The number of hydrogen-bond acceptors (Lipinski definition) is 3. The highest BCUT2D eigenvalue weighted by molar-refractivity contribution is 5.96. The number of carbonyl (C=O) groups excluding carboxylic acids is 1. The Morgan fingerprint density at radius 1 is 1.31 bits per heavy atom. The second kappa shape index (κ2) is 3.36. The maximum atomic E-state index is 11.7. The number of carboxylic acid groups (broad SMARTS) is 2. The molecule has 2 aliphatic rings. The molecule has 0 bridgehead atoms. The first kappa shape index (κ1) is 10.7. The zero-order valence-electron chi connectivity index (χ0n) is 8.66. The fourth-order valence-electron chi connectivity index (χ4n) is 2.67. The third-order valence-electron chi connectivity index (χ3n) is 3.34. The summed E-state index contributed by atoms with van der Waals surface area (Å²) in [5, 5.41) is 17.9. The molecule has 0 aromatic carbocycles. The van der Waals surface area contributed by atoms with Gasteiger partial charge in [0.15, 0.2) is 0 Å². The van der Waals surface area contributed by atoms with E-state index in [2.05, 4.69) is 0 Å². The van der Waals surface area contributed by atoms with E-state index in [9.17, 15) is 14.4 Å². The maximum Gasteiger partial charge on any atom is 0.414 e. The van der Waals surface area contributed by atoms with Gasteiger partial charge < -0.3 is 15.1 Å². The molecule has 2 aliphatic heterocycles. The van der Waals surface area contributed by atoms with Gasteiger partial charge in [-0.1, -0.05) is 6.92 Å². The van der Waals surface area contributed by atoms with Crippen molar-refractivity contribution in [2.45, 2.75) is 25.4 Å². The van der Waals surface area contributed by atoms with Gasteiger partial charge in [0.05, 0.1) is 18.0 Å². The third-order valence-corrected chi connectivity index (χ3v) is 3.34. The first-order valence-electron chi connectivity index (χ1n) is 5.00. The molecular formula is C9H12N2O5. The number of nitrogens with zero attached hydrogens (tertiary/aromatic N) is 2. The number of likely N-dealkylation sites (tertiary alicyclic amines) is 2. The van der Waals surface area contributed by atoms with Crippen molar-refractivity contribution >= 4 is 18.1 Å². The van der Waals surface area contributed by atoms with Gasteiger partial charge in [0.1, 0.15) is 0 Å². The standard InChI is InChI=1S/C9H12N2O5/c1-4-6-5(2-3-10(6)8(13)14)11(7(4)12)9(15)16/h4-6H,2-3H2,1H3,(H,13,14)(H,15,16)/t4-,5-,6+/m0/s1. The minimum atomic E-state index is -1.29. The van der Waals surface area contributed by atoms with Gasteiger partial charge in [-0.2, -0.15) is 0 Å². The number of amides is 3. The van der Waals surface area contributed by atoms with Crippen LogP contribution in [0.25, 0.3) is 0 Å². The Kier molecular flexibility index (Phi) is 2.25. The molecule has 0 aromatic heterocycles. The van der Waals surface area contributed by atoms with Gasteiger partial charge in [-0.05, 0) is 6.42 Å². The SMILES string of the molecule is C[C@@H]1C(=O)N(C(=O)O)[C@H]2CCN(C(=O)O)[C@H]12. The lowest BCUT2D eigenvalue weighted by molar-refractivity contribution is -0.130. The van der Waals surface area contributed by atoms with Crippen LogP contribution in [0.2, 0.25) is 0 Å². The molecule has 2 rings (SSSR count). The van der Waals surface area contributed by atoms with E-state index in [1.165, 1.54) is 0 Å². The molecule has 2 N–H and O–H groups in total. The molecule has 16 heavy (non-hydrogen) atoms. The lowest BCUT2D eigenvalue weighted by atomic mass is 10.0. The highest BCUT2D eigenvalue weighted by atomic mass is 16.4. The average molecular weight is 228 g/mol. The molecule has 2 fully saturated rings. The summed E-state index contributed by atoms with van der Waals surface area (Å²) < 4.78 is 0. The first-order valence-corrected chi connectivity index (χ1v) is 5.00. The van der Waals surface area contributed by atoms with Gasteiger partial charge >= 0.3 is 12.2 Å². The van der Waals surface area contributed by atoms with Crippen LogP contribution in [0.3, 0.4) is 0 Å². The van der Waals surface area contributed by atoms with Gasteiger partial charge in [-0.15, -0.1) is 0 Å². The lowest BCUT2D eigenvalue weighted by Gasteiger charge is -2.22. The Bertz CT molecular complexity index is 369. The highest BCUT2D eigenvalue weighted by Crippen LogP contribution is 2.36. The molecule has 3 atom stereocenters. The monoisotopic (exact) mass is 228 g/mol. The summed E-state index contributed by atoms with van der Waals surface area (Å²) in [5.41, 5.74) is 0. The summed E-state index contributed by atoms with van der Waals surface area (Å²) >= 11 is 0. The van der Waals surface area contributed by atoms with Crippen LogP contribution >= 0.6 is 0 Å². The summed E-state index contributed by atoms with van der Waals surface area (Å²) in [6.45, 7) is 1.86. The molecule has 2 heterocycles. The zero-order chi connectivity index (χ0) is 12.0. The third kappa shape index (κ3) is 1.24. The van der Waals surface area contributed by atoms with Gasteiger partial charge in [0.2, 0.25) is 5.91 Å². The number of rotatable bonds is 0. The van der Waals surface area contributed by atoms with Crippen LogP contribution in [0.15, 0.2) is 0 Å². The maximum absolute atomic E-state index is 11.7. The minimum Gasteiger partial charge on any atom is -0.465 e. The van der Waals surface area contributed by atoms with Gasteiger partial charge in [-0.3, -0.25) is 4.79 Å². The number of carbonyl (C=O) groups is 3. The van der Waals surface area contributed by atoms with Crippen molar-refractivity contribution < 1.29 is 24.6 Å². The van der Waals surface area contributed by atoms with E-state index in [-0.39, 0.29) is 6.54 Å². The van der Waals surface area contributed by atoms with Crippen molar-refractivity contribution in [1.82, 2.24) is 9.80 Å². The zero-order valence-corrected chi connectivity index (χ0v) is 8.66. The normalized spacial score (nSPS) is 33.1. The molecule has 3 amide bonds. The van der Waals surface area contributed by atoms with Crippen LogP contribution in [0, 0.1) is 5.92 Å². The van der Waals surface area contributed by atoms with E-state index < -0.39 is 36.1 Å². The van der Waals surface area contributed by atoms with Crippen molar-refractivity contribution in [3.63, 3.8) is 0 Å². The average Bonchev–Trinajstić information content (AvgIpc) is 2.68. The Morgan fingerprint density at radius 3 is 2.44 bits per heavy atom. The quantitative estimate of drug-likeness (QED) is 0.619. The van der Waals surface area contributed by atoms with E-state index in [0.29, 0.717) is 6.42 Å². The van der Waals surface area contributed by atoms with Crippen molar-refractivity contribution in [2.75, 3.05) is 6.54 Å². The van der Waals surface area contributed by atoms with Crippen molar-refractivity contribution in [3.8, 4) is 0 Å². The summed E-state index contributed by atoms with van der Waals surface area (Å²) in [4.78, 5) is 35.4. The summed E-state index contributed by atoms with van der Waals surface area (Å²) in [6, 6.07) is -1.04. The molecule has 0 aromatic rings. The topological polar surface area (TPSA) is 98.2 Å². The Morgan fingerprint density at radius 2 is 1.94 bits per heavy atom. The molecule has 0 unspecified atom stereocenters. The Balaban J connectivity index is 2.32. The van der Waals surface area contributed by atoms with Crippen molar-refractivity contribution in [2.24, 2.45) is 5.92 Å². The molecule has 7 heteroatoms. The number of imide groups is 1. The van der Waals surface area contributed by atoms with Crippen LogP contribution < -0.4 is 0 Å². The van der Waals surface area contributed by atoms with E-state index in [4.69, 9.17) is 10.2 Å². The van der Waals surface area contributed by atoms with Gasteiger partial charge in [0, 0.05) is 6.54 Å².